The van der Waals surface area contributed by atoms with Gasteiger partial charge in [0.05, 0.1) is 13.2 Å². The van der Waals surface area contributed by atoms with Crippen LogP contribution in [0.5, 0.6) is 0 Å². The summed E-state index contributed by atoms with van der Waals surface area (Å²) in [5.74, 6) is 0. The predicted octanol–water partition coefficient (Wildman–Crippen LogP) is 4.55. The van der Waals surface area contributed by atoms with Crippen molar-refractivity contribution < 1.29 is 9.47 Å². The largest absolute Gasteiger partial charge is 0.350 e. The molecule has 2 aromatic heterocycles. The van der Waals surface area contributed by atoms with Gasteiger partial charge in [0.2, 0.25) is 0 Å². The lowest BCUT2D eigenvalue weighted by atomic mass is 9.83. The number of rotatable bonds is 7. The number of pyridine rings is 2. The molecule has 0 radical (unpaired) electrons. The van der Waals surface area contributed by atoms with Gasteiger partial charge in [-0.2, -0.15) is 0 Å². The number of ether oxygens (including phenoxy) is 2. The zero-order valence-electron chi connectivity index (χ0n) is 20.2. The monoisotopic (exact) mass is 478 g/mol. The first-order valence-electron chi connectivity index (χ1n) is 12.5. The van der Waals surface area contributed by atoms with Crippen molar-refractivity contribution in [2.45, 2.75) is 24.5 Å². The summed E-state index contributed by atoms with van der Waals surface area (Å²) < 4.78 is 13.9. The van der Waals surface area contributed by atoms with Gasteiger partial charge in [-0.25, -0.2) is 0 Å². The molecule has 6 rings (SSSR count). The van der Waals surface area contributed by atoms with Crippen LogP contribution in [0.3, 0.4) is 0 Å². The second kappa shape index (κ2) is 9.91. The van der Waals surface area contributed by atoms with Crippen LogP contribution in [0.1, 0.15) is 22.3 Å². The average Bonchev–Trinajstić information content (AvgIpc) is 3.56. The predicted molar refractivity (Wildman–Crippen MR) is 137 cm³/mol. The molecule has 4 aromatic rings. The van der Waals surface area contributed by atoms with Crippen LogP contribution in [0, 0.1) is 0 Å². The SMILES string of the molecule is c1ccc(CN2CCO[C@@]2(c2ccncc2)[C@@]2(c3ccncc3)OCCN2Cc2ccccc2)cc1. The second-order valence-corrected chi connectivity index (χ2v) is 9.27. The van der Waals surface area contributed by atoms with Gasteiger partial charge in [0.1, 0.15) is 0 Å². The van der Waals surface area contributed by atoms with Gasteiger partial charge in [-0.3, -0.25) is 19.8 Å². The number of benzene rings is 2. The van der Waals surface area contributed by atoms with Crippen molar-refractivity contribution >= 4 is 0 Å². The summed E-state index contributed by atoms with van der Waals surface area (Å²) in [4.78, 5) is 13.5. The summed E-state index contributed by atoms with van der Waals surface area (Å²) >= 11 is 0. The van der Waals surface area contributed by atoms with Gasteiger partial charge < -0.3 is 9.47 Å². The Balaban J connectivity index is 1.56. The lowest BCUT2D eigenvalue weighted by Crippen LogP contribution is -2.63. The molecule has 6 nitrogen and oxygen atoms in total. The molecule has 182 valence electrons. The highest BCUT2D eigenvalue weighted by atomic mass is 16.6. The average molecular weight is 479 g/mol. The van der Waals surface area contributed by atoms with Crippen LogP contribution >= 0.6 is 0 Å². The maximum atomic E-state index is 6.93. The second-order valence-electron chi connectivity index (χ2n) is 9.27. The standard InChI is InChI=1S/C30H30N4O2/c1-3-7-25(8-4-1)23-33-19-21-35-29(33,27-11-15-31-16-12-27)30(28-13-17-32-18-14-28)34(20-22-36-30)24-26-9-5-2-6-10-26/h1-18H,19-24H2/t29-,30+. The molecule has 36 heavy (non-hydrogen) atoms. The molecule has 0 unspecified atom stereocenters. The van der Waals surface area contributed by atoms with Crippen LogP contribution in [0.4, 0.5) is 0 Å². The summed E-state index contributed by atoms with van der Waals surface area (Å²) in [5, 5.41) is 0. The number of nitrogens with zero attached hydrogens (tertiary/aromatic N) is 4. The van der Waals surface area contributed by atoms with E-state index in [1.165, 1.54) is 11.1 Å². The van der Waals surface area contributed by atoms with Gasteiger partial charge in [0, 0.05) is 62.1 Å². The van der Waals surface area contributed by atoms with Gasteiger partial charge in [0.15, 0.2) is 11.4 Å². The molecule has 2 aliphatic rings. The first kappa shape index (κ1) is 23.0. The highest BCUT2D eigenvalue weighted by Gasteiger charge is 2.66. The number of hydrogen-bond acceptors (Lipinski definition) is 6. The lowest BCUT2D eigenvalue weighted by molar-refractivity contribution is -0.287. The van der Waals surface area contributed by atoms with E-state index in [0.717, 1.165) is 37.3 Å². The summed E-state index contributed by atoms with van der Waals surface area (Å²) in [6.45, 7) is 4.24. The van der Waals surface area contributed by atoms with E-state index >= 15 is 0 Å². The van der Waals surface area contributed by atoms with Crippen molar-refractivity contribution in [2.75, 3.05) is 26.3 Å². The zero-order chi connectivity index (χ0) is 24.3. The van der Waals surface area contributed by atoms with Crippen LogP contribution in [-0.2, 0) is 34.0 Å². The smallest absolute Gasteiger partial charge is 0.196 e. The van der Waals surface area contributed by atoms with Crippen molar-refractivity contribution in [1.82, 2.24) is 19.8 Å². The highest BCUT2D eigenvalue weighted by molar-refractivity contribution is 5.35. The minimum Gasteiger partial charge on any atom is -0.350 e. The van der Waals surface area contributed by atoms with Crippen molar-refractivity contribution in [3.05, 3.63) is 132 Å². The Kier molecular flexibility index (Phi) is 6.34. The zero-order valence-corrected chi connectivity index (χ0v) is 20.2. The Morgan fingerprint density at radius 1 is 0.556 bits per heavy atom. The van der Waals surface area contributed by atoms with Gasteiger partial charge in [-0.05, 0) is 35.4 Å². The van der Waals surface area contributed by atoms with Crippen molar-refractivity contribution in [2.24, 2.45) is 0 Å². The van der Waals surface area contributed by atoms with Crippen LogP contribution in [0.25, 0.3) is 0 Å². The molecule has 4 heterocycles. The lowest BCUT2D eigenvalue weighted by Gasteiger charge is -2.53. The normalized spacial score (nSPS) is 24.8. The Hall–Kier alpha value is -3.42. The number of aromatic nitrogens is 2. The van der Waals surface area contributed by atoms with Crippen molar-refractivity contribution in [1.29, 1.82) is 0 Å². The Labute approximate surface area is 212 Å². The molecule has 6 heteroatoms. The van der Waals surface area contributed by atoms with E-state index in [1.54, 1.807) is 0 Å². The fourth-order valence-corrected chi connectivity index (χ4v) is 5.80. The molecule has 2 aromatic carbocycles. The van der Waals surface area contributed by atoms with Gasteiger partial charge >= 0.3 is 0 Å². The maximum Gasteiger partial charge on any atom is 0.196 e. The third kappa shape index (κ3) is 3.83. The fraction of sp³-hybridized carbons (Fsp3) is 0.267. The quantitative estimate of drug-likeness (QED) is 0.389. The summed E-state index contributed by atoms with van der Waals surface area (Å²) in [7, 11) is 0. The Morgan fingerprint density at radius 2 is 0.944 bits per heavy atom. The molecule has 2 saturated heterocycles. The van der Waals surface area contributed by atoms with E-state index in [1.807, 2.05) is 24.8 Å². The molecule has 2 atom stereocenters. The Bertz CT molecular complexity index is 1160. The van der Waals surface area contributed by atoms with Gasteiger partial charge in [-0.1, -0.05) is 60.7 Å². The molecule has 0 N–H and O–H groups in total. The molecule has 2 fully saturated rings. The van der Waals surface area contributed by atoms with E-state index in [-0.39, 0.29) is 0 Å². The fourth-order valence-electron chi connectivity index (χ4n) is 5.80. The third-order valence-electron chi connectivity index (χ3n) is 7.27. The van der Waals surface area contributed by atoms with Crippen LogP contribution in [0.2, 0.25) is 0 Å². The van der Waals surface area contributed by atoms with E-state index < -0.39 is 11.4 Å². The van der Waals surface area contributed by atoms with E-state index in [2.05, 4.69) is 105 Å². The molecular weight excluding hydrogens is 448 g/mol. The summed E-state index contributed by atoms with van der Waals surface area (Å²) in [6, 6.07) is 29.4. The molecule has 0 aliphatic carbocycles. The van der Waals surface area contributed by atoms with Crippen LogP contribution < -0.4 is 0 Å². The minimum atomic E-state index is -0.890. The summed E-state index contributed by atoms with van der Waals surface area (Å²) in [5.41, 5.74) is 2.75. The molecule has 2 aliphatic heterocycles. The van der Waals surface area contributed by atoms with Gasteiger partial charge in [0.25, 0.3) is 0 Å². The first-order valence-corrected chi connectivity index (χ1v) is 12.5. The first-order chi connectivity index (χ1) is 17.8. The van der Waals surface area contributed by atoms with Gasteiger partial charge in [-0.15, -0.1) is 0 Å². The van der Waals surface area contributed by atoms with Crippen LogP contribution in [0.15, 0.2) is 110 Å². The molecular formula is C30H30N4O2. The van der Waals surface area contributed by atoms with Crippen LogP contribution in [-0.4, -0.2) is 46.1 Å². The molecule has 0 bridgehead atoms. The van der Waals surface area contributed by atoms with Crippen molar-refractivity contribution in [3.8, 4) is 0 Å². The molecule has 0 saturated carbocycles. The number of hydrogen-bond donors (Lipinski definition) is 0. The summed E-state index contributed by atoms with van der Waals surface area (Å²) in [6.07, 6.45) is 7.37. The maximum absolute atomic E-state index is 6.93. The molecule has 0 amide bonds. The highest BCUT2D eigenvalue weighted by Crippen LogP contribution is 2.55. The minimum absolute atomic E-state index is 0.602. The third-order valence-corrected chi connectivity index (χ3v) is 7.27. The molecule has 0 spiro atoms. The van der Waals surface area contributed by atoms with E-state index in [9.17, 15) is 0 Å². The van der Waals surface area contributed by atoms with E-state index in [4.69, 9.17) is 9.47 Å². The topological polar surface area (TPSA) is 50.7 Å². The van der Waals surface area contributed by atoms with E-state index in [0.29, 0.717) is 13.2 Å². The van der Waals surface area contributed by atoms with Crippen molar-refractivity contribution in [3.63, 3.8) is 0 Å². The Morgan fingerprint density at radius 3 is 1.33 bits per heavy atom.